The maximum absolute atomic E-state index is 12.7. The highest BCUT2D eigenvalue weighted by molar-refractivity contribution is 7.22. The van der Waals surface area contributed by atoms with Gasteiger partial charge in [0.05, 0.1) is 23.9 Å². The van der Waals surface area contributed by atoms with E-state index in [4.69, 9.17) is 14.2 Å². The second kappa shape index (κ2) is 8.96. The summed E-state index contributed by atoms with van der Waals surface area (Å²) < 4.78 is 11.7. The molecule has 3 heterocycles. The highest BCUT2D eigenvalue weighted by atomic mass is 32.1. The summed E-state index contributed by atoms with van der Waals surface area (Å²) in [6.45, 7) is 1.83. The van der Waals surface area contributed by atoms with Crippen LogP contribution in [0.25, 0.3) is 21.6 Å². The Kier molecular flexibility index (Phi) is 5.72. The Morgan fingerprint density at radius 2 is 2.00 bits per heavy atom. The van der Waals surface area contributed by atoms with E-state index < -0.39 is 0 Å². The van der Waals surface area contributed by atoms with Crippen LogP contribution >= 0.6 is 11.3 Å². The van der Waals surface area contributed by atoms with Gasteiger partial charge in [-0.25, -0.2) is 4.98 Å². The topological polar surface area (TPSA) is 93.4 Å². The lowest BCUT2D eigenvalue weighted by Gasteiger charge is -2.30. The first-order chi connectivity index (χ1) is 15.7. The Bertz CT molecular complexity index is 1210. The molecule has 0 atom stereocenters. The number of thiazole rings is 1. The fourth-order valence-electron chi connectivity index (χ4n) is 3.83. The number of fused-ring (bicyclic) bond motifs is 1. The first-order valence-corrected chi connectivity index (χ1v) is 11.4. The molecule has 0 unspecified atom stereocenters. The van der Waals surface area contributed by atoms with E-state index >= 15 is 0 Å². The highest BCUT2D eigenvalue weighted by Gasteiger charge is 2.26. The van der Waals surface area contributed by atoms with Crippen LogP contribution in [-0.2, 0) is 11.3 Å². The van der Waals surface area contributed by atoms with E-state index in [1.165, 1.54) is 0 Å². The van der Waals surface area contributed by atoms with Crippen LogP contribution in [0, 0.1) is 5.92 Å². The Morgan fingerprint density at radius 3 is 2.78 bits per heavy atom. The molecule has 1 fully saturated rings. The van der Waals surface area contributed by atoms with Crippen molar-refractivity contribution in [3.63, 3.8) is 0 Å². The first-order valence-electron chi connectivity index (χ1n) is 10.5. The van der Waals surface area contributed by atoms with Crippen molar-refractivity contribution < 1.29 is 14.1 Å². The Balaban J connectivity index is 1.14. The third kappa shape index (κ3) is 4.29. The molecule has 32 heavy (non-hydrogen) atoms. The van der Waals surface area contributed by atoms with Crippen LogP contribution in [-0.4, -0.2) is 41.2 Å². The van der Waals surface area contributed by atoms with E-state index in [1.54, 1.807) is 18.4 Å². The number of anilines is 1. The molecule has 4 aromatic rings. The maximum atomic E-state index is 12.7. The summed E-state index contributed by atoms with van der Waals surface area (Å²) in [4.78, 5) is 24.0. The van der Waals surface area contributed by atoms with Gasteiger partial charge in [0.15, 0.2) is 5.13 Å². The average Bonchev–Trinajstić information content (AvgIpc) is 3.50. The fraction of sp³-hybridized carbons (Fsp3) is 0.304. The number of carbonyl (C=O) groups is 1. The molecule has 0 radical (unpaired) electrons. The normalized spacial score (nSPS) is 14.6. The Labute approximate surface area is 189 Å². The van der Waals surface area contributed by atoms with Crippen molar-refractivity contribution in [2.45, 2.75) is 19.4 Å². The zero-order chi connectivity index (χ0) is 21.9. The van der Waals surface area contributed by atoms with E-state index in [-0.39, 0.29) is 18.4 Å². The number of aromatic nitrogens is 3. The van der Waals surface area contributed by atoms with Gasteiger partial charge in [-0.15, -0.1) is 0 Å². The third-order valence-corrected chi connectivity index (χ3v) is 6.71. The van der Waals surface area contributed by atoms with Crippen LogP contribution in [0.1, 0.15) is 18.7 Å². The molecule has 1 aliphatic rings. The van der Waals surface area contributed by atoms with Crippen LogP contribution in [0.15, 0.2) is 53.1 Å². The van der Waals surface area contributed by atoms with Gasteiger partial charge in [-0.2, -0.15) is 4.98 Å². The van der Waals surface area contributed by atoms with E-state index in [0.29, 0.717) is 11.7 Å². The minimum Gasteiger partial charge on any atom is -0.497 e. The Hall–Kier alpha value is -3.46. The Morgan fingerprint density at radius 1 is 1.19 bits per heavy atom. The van der Waals surface area contributed by atoms with Crippen LogP contribution in [0.2, 0.25) is 0 Å². The number of benzene rings is 2. The maximum Gasteiger partial charge on any atom is 0.246 e. The second-order valence-electron chi connectivity index (χ2n) is 7.69. The lowest BCUT2D eigenvalue weighted by atomic mass is 9.96. The van der Waals surface area contributed by atoms with Crippen LogP contribution in [0.3, 0.4) is 0 Å². The molecule has 0 saturated carbocycles. The number of piperidine rings is 1. The van der Waals surface area contributed by atoms with Gasteiger partial charge in [-0.05, 0) is 31.0 Å². The summed E-state index contributed by atoms with van der Waals surface area (Å²) in [6.07, 6.45) is 1.56. The largest absolute Gasteiger partial charge is 0.497 e. The molecule has 9 heteroatoms. The van der Waals surface area contributed by atoms with Gasteiger partial charge >= 0.3 is 0 Å². The molecule has 8 nitrogen and oxygen atoms in total. The molecule has 0 spiro atoms. The molecule has 1 N–H and O–H groups in total. The van der Waals surface area contributed by atoms with Gasteiger partial charge < -0.3 is 19.5 Å². The lowest BCUT2D eigenvalue weighted by molar-refractivity contribution is -0.125. The SMILES string of the molecule is COc1ccc2nc(N3CCC(C(=O)NCc4nc(-c5ccccc5)no4)CC3)sc2c1. The number of amides is 1. The minimum atomic E-state index is -0.0303. The molecule has 5 rings (SSSR count). The molecule has 0 bridgehead atoms. The average molecular weight is 450 g/mol. The van der Waals surface area contributed by atoms with E-state index in [0.717, 1.165) is 52.6 Å². The van der Waals surface area contributed by atoms with Crippen molar-refractivity contribution in [2.75, 3.05) is 25.1 Å². The molecule has 2 aromatic carbocycles. The smallest absolute Gasteiger partial charge is 0.246 e. The standard InChI is InChI=1S/C23H23N5O3S/c1-30-17-7-8-18-19(13-17)32-23(25-18)28-11-9-16(10-12-28)22(29)24-14-20-26-21(27-31-20)15-5-3-2-4-6-15/h2-8,13,16H,9-12,14H2,1H3,(H,24,29). The van der Waals surface area contributed by atoms with E-state index in [9.17, 15) is 4.79 Å². The summed E-state index contributed by atoms with van der Waals surface area (Å²) in [5, 5.41) is 7.93. The molecular weight excluding hydrogens is 426 g/mol. The fourth-order valence-corrected chi connectivity index (χ4v) is 4.87. The van der Waals surface area contributed by atoms with Crippen LogP contribution in [0.4, 0.5) is 5.13 Å². The summed E-state index contributed by atoms with van der Waals surface area (Å²) in [6, 6.07) is 15.5. The van der Waals surface area contributed by atoms with Crippen molar-refractivity contribution in [1.29, 1.82) is 0 Å². The second-order valence-corrected chi connectivity index (χ2v) is 8.70. The van der Waals surface area contributed by atoms with Crippen LogP contribution in [0.5, 0.6) is 5.75 Å². The van der Waals surface area contributed by atoms with E-state index in [2.05, 4.69) is 20.4 Å². The van der Waals surface area contributed by atoms with Crippen molar-refractivity contribution in [2.24, 2.45) is 5.92 Å². The number of nitrogens with one attached hydrogen (secondary N) is 1. The number of nitrogens with zero attached hydrogens (tertiary/aromatic N) is 4. The monoisotopic (exact) mass is 449 g/mol. The van der Waals surface area contributed by atoms with Crippen LogP contribution < -0.4 is 15.0 Å². The van der Waals surface area contributed by atoms with Crippen molar-refractivity contribution in [1.82, 2.24) is 20.4 Å². The number of methoxy groups -OCH3 is 1. The quantitative estimate of drug-likeness (QED) is 0.477. The zero-order valence-electron chi connectivity index (χ0n) is 17.7. The molecule has 1 saturated heterocycles. The molecule has 0 aliphatic carbocycles. The van der Waals surface area contributed by atoms with Gasteiger partial charge in [0.1, 0.15) is 5.75 Å². The van der Waals surface area contributed by atoms with Crippen molar-refractivity contribution >= 4 is 32.6 Å². The first kappa shape index (κ1) is 20.4. The van der Waals surface area contributed by atoms with Crippen molar-refractivity contribution in [3.05, 3.63) is 54.4 Å². The van der Waals surface area contributed by atoms with E-state index in [1.807, 2.05) is 48.5 Å². The van der Waals surface area contributed by atoms with Gasteiger partial charge in [-0.3, -0.25) is 4.79 Å². The van der Waals surface area contributed by atoms with Gasteiger partial charge in [0, 0.05) is 24.6 Å². The number of rotatable bonds is 6. The zero-order valence-corrected chi connectivity index (χ0v) is 18.5. The summed E-state index contributed by atoms with van der Waals surface area (Å²) >= 11 is 1.66. The predicted molar refractivity (Wildman–Crippen MR) is 123 cm³/mol. The summed E-state index contributed by atoms with van der Waals surface area (Å²) in [7, 11) is 1.67. The number of hydrogen-bond donors (Lipinski definition) is 1. The predicted octanol–water partition coefficient (Wildman–Crippen LogP) is 3.89. The summed E-state index contributed by atoms with van der Waals surface area (Å²) in [5.41, 5.74) is 1.86. The number of carbonyl (C=O) groups excluding carboxylic acids is 1. The van der Waals surface area contributed by atoms with Gasteiger partial charge in [0.25, 0.3) is 0 Å². The lowest BCUT2D eigenvalue weighted by Crippen LogP contribution is -2.40. The molecular formula is C23H23N5O3S. The highest BCUT2D eigenvalue weighted by Crippen LogP contribution is 2.33. The molecule has 1 aliphatic heterocycles. The number of hydrogen-bond acceptors (Lipinski definition) is 8. The number of ether oxygens (including phenoxy) is 1. The van der Waals surface area contributed by atoms with Gasteiger partial charge in [0.2, 0.25) is 17.6 Å². The minimum absolute atomic E-state index is 0.0261. The molecule has 1 amide bonds. The summed E-state index contributed by atoms with van der Waals surface area (Å²) in [5.74, 6) is 1.76. The molecule has 164 valence electrons. The third-order valence-electron chi connectivity index (χ3n) is 5.63. The van der Waals surface area contributed by atoms with Crippen molar-refractivity contribution in [3.8, 4) is 17.1 Å². The van der Waals surface area contributed by atoms with Gasteiger partial charge in [-0.1, -0.05) is 46.8 Å². The molecule has 2 aromatic heterocycles.